The third-order valence-corrected chi connectivity index (χ3v) is 2.05. The molecule has 0 bridgehead atoms. The van der Waals surface area contributed by atoms with Crippen LogP contribution in [0.25, 0.3) is 0 Å². The molecule has 4 heteroatoms. The van der Waals surface area contributed by atoms with Gasteiger partial charge in [0.1, 0.15) is 0 Å². The average Bonchev–Trinajstić information content (AvgIpc) is 2.03. The molecule has 0 amide bonds. The molecule has 0 atom stereocenters. The van der Waals surface area contributed by atoms with Crippen molar-refractivity contribution in [1.29, 1.82) is 0 Å². The molecule has 0 unspecified atom stereocenters. The monoisotopic (exact) mass is 174 g/mol. The van der Waals surface area contributed by atoms with Gasteiger partial charge in [0.25, 0.3) is 0 Å². The number of carboxylic acid groups (broad SMARTS) is 1. The standard InChI is InChI=1S/C8H7O3.Na/c9-8(10)6-11-7-4-2-1-3-5-7;/h2-5H,6H2,(H,9,10);. The summed E-state index contributed by atoms with van der Waals surface area (Å²) in [6, 6.07) is 7.43. The van der Waals surface area contributed by atoms with Crippen LogP contribution in [0, 0.1) is 0 Å². The topological polar surface area (TPSA) is 46.5 Å². The Balaban J connectivity index is 2.53. The first kappa shape index (κ1) is 9.58. The number of rotatable bonds is 3. The molecule has 0 aromatic heterocycles. The summed E-state index contributed by atoms with van der Waals surface area (Å²) < 4.78 is 6.20. The van der Waals surface area contributed by atoms with Crippen LogP contribution in [-0.4, -0.2) is 45.6 Å². The molecule has 0 saturated carbocycles. The molecular formula is C8H7NaO3. The van der Waals surface area contributed by atoms with E-state index in [9.17, 15) is 4.79 Å². The molecule has 0 fully saturated rings. The Morgan fingerprint density at radius 3 is 2.50 bits per heavy atom. The molecule has 1 aromatic rings. The SMILES string of the molecule is O=C(O)COc1cc[c]([Na])cc1. The van der Waals surface area contributed by atoms with Crippen LogP contribution >= 0.6 is 0 Å². The third kappa shape index (κ3) is 3.26. The number of hydrogen-bond acceptors (Lipinski definition) is 2. The van der Waals surface area contributed by atoms with E-state index in [0.717, 1.165) is 27.9 Å². The van der Waals surface area contributed by atoms with Crippen LogP contribution in [0.5, 0.6) is 5.75 Å². The van der Waals surface area contributed by atoms with Crippen LogP contribution in [0.4, 0.5) is 0 Å². The minimum absolute atomic E-state index is 0.277. The van der Waals surface area contributed by atoms with Gasteiger partial charge in [-0.15, -0.1) is 0 Å². The molecule has 3 nitrogen and oxygen atoms in total. The van der Waals surface area contributed by atoms with Crippen molar-refractivity contribution in [3.8, 4) is 5.75 Å². The zero-order valence-corrected chi connectivity index (χ0v) is 8.78. The molecule has 0 aliphatic rings. The van der Waals surface area contributed by atoms with E-state index in [1.54, 1.807) is 12.1 Å². The summed E-state index contributed by atoms with van der Waals surface area (Å²) in [5, 5.41) is 8.31. The second-order valence-electron chi connectivity index (χ2n) is 2.50. The molecule has 0 aliphatic carbocycles. The van der Waals surface area contributed by atoms with Crippen LogP contribution in [0.1, 0.15) is 0 Å². The molecule has 1 aromatic carbocycles. The Hall–Kier alpha value is -0.510. The van der Waals surface area contributed by atoms with E-state index in [1.165, 1.54) is 2.81 Å². The number of ether oxygens (including phenoxy) is 1. The van der Waals surface area contributed by atoms with Crippen LogP contribution in [0.2, 0.25) is 0 Å². The summed E-state index contributed by atoms with van der Waals surface area (Å²) in [6.45, 7) is -0.277. The Kier molecular flexibility index (Phi) is 3.59. The van der Waals surface area contributed by atoms with Gasteiger partial charge in [-0.05, 0) is 0 Å². The van der Waals surface area contributed by atoms with Gasteiger partial charge < -0.3 is 0 Å². The molecule has 0 aliphatic heterocycles. The van der Waals surface area contributed by atoms with Gasteiger partial charge in [0.2, 0.25) is 0 Å². The first-order chi connectivity index (χ1) is 5.68. The van der Waals surface area contributed by atoms with Gasteiger partial charge in [0.15, 0.2) is 0 Å². The Morgan fingerprint density at radius 2 is 2.00 bits per heavy atom. The van der Waals surface area contributed by atoms with Gasteiger partial charge in [-0.2, -0.15) is 0 Å². The van der Waals surface area contributed by atoms with Crippen molar-refractivity contribution in [2.75, 3.05) is 6.61 Å². The maximum atomic E-state index is 10.1. The molecule has 0 radical (unpaired) electrons. The number of carbonyl (C=O) groups is 1. The summed E-state index contributed by atoms with van der Waals surface area (Å²) >= 11 is 1.00. The minimum atomic E-state index is -0.954. The fourth-order valence-corrected chi connectivity index (χ4v) is 1.11. The molecule has 0 saturated heterocycles. The molecule has 1 rings (SSSR count). The number of hydrogen-bond donors (Lipinski definition) is 1. The van der Waals surface area contributed by atoms with Crippen molar-refractivity contribution in [3.63, 3.8) is 0 Å². The fourth-order valence-electron chi connectivity index (χ4n) is 0.780. The van der Waals surface area contributed by atoms with Gasteiger partial charge in [-0.25, -0.2) is 0 Å². The predicted octanol–water partition coefficient (Wildman–Crippen LogP) is -0.0562. The summed E-state index contributed by atoms with van der Waals surface area (Å²) in [5.74, 6) is -0.345. The summed E-state index contributed by atoms with van der Waals surface area (Å²) in [5.41, 5.74) is 0. The first-order valence-electron chi connectivity index (χ1n) is 3.60. The van der Waals surface area contributed by atoms with Crippen molar-refractivity contribution in [2.45, 2.75) is 0 Å². The average molecular weight is 174 g/mol. The van der Waals surface area contributed by atoms with E-state index in [-0.39, 0.29) is 6.61 Å². The van der Waals surface area contributed by atoms with Crippen molar-refractivity contribution < 1.29 is 14.6 Å². The van der Waals surface area contributed by atoms with E-state index < -0.39 is 5.97 Å². The van der Waals surface area contributed by atoms with Crippen molar-refractivity contribution in [1.82, 2.24) is 0 Å². The Bertz CT molecular complexity index is 268. The van der Waals surface area contributed by atoms with Crippen molar-refractivity contribution >= 4 is 36.7 Å². The van der Waals surface area contributed by atoms with Crippen LogP contribution in [0.3, 0.4) is 0 Å². The number of benzene rings is 1. The maximum absolute atomic E-state index is 10.1. The summed E-state index contributed by atoms with van der Waals surface area (Å²) in [4.78, 5) is 10.1. The molecule has 58 valence electrons. The van der Waals surface area contributed by atoms with Crippen molar-refractivity contribution in [2.24, 2.45) is 0 Å². The first-order valence-corrected chi connectivity index (χ1v) is 4.60. The summed E-state index contributed by atoms with van der Waals surface area (Å²) in [7, 11) is 0. The molecule has 0 spiro atoms. The van der Waals surface area contributed by atoms with Crippen LogP contribution < -0.4 is 7.55 Å². The zero-order chi connectivity index (χ0) is 8.97. The van der Waals surface area contributed by atoms with Gasteiger partial charge >= 0.3 is 88.0 Å². The molecular weight excluding hydrogens is 167 g/mol. The Morgan fingerprint density at radius 1 is 1.42 bits per heavy atom. The van der Waals surface area contributed by atoms with E-state index in [1.807, 2.05) is 12.1 Å². The van der Waals surface area contributed by atoms with E-state index in [4.69, 9.17) is 9.84 Å². The number of aliphatic carboxylic acids is 1. The summed E-state index contributed by atoms with van der Waals surface area (Å²) in [6.07, 6.45) is 0. The second kappa shape index (κ2) is 4.50. The van der Waals surface area contributed by atoms with Crippen LogP contribution in [-0.2, 0) is 4.79 Å². The van der Waals surface area contributed by atoms with Gasteiger partial charge in [-0.1, -0.05) is 0 Å². The second-order valence-corrected chi connectivity index (χ2v) is 3.65. The molecule has 0 heterocycles. The predicted molar refractivity (Wildman–Crippen MR) is 45.0 cm³/mol. The van der Waals surface area contributed by atoms with Gasteiger partial charge in [0, 0.05) is 0 Å². The van der Waals surface area contributed by atoms with E-state index in [0.29, 0.717) is 5.75 Å². The van der Waals surface area contributed by atoms with E-state index >= 15 is 0 Å². The zero-order valence-electron chi connectivity index (χ0n) is 6.78. The molecule has 1 N–H and O–H groups in total. The van der Waals surface area contributed by atoms with Gasteiger partial charge in [0.05, 0.1) is 0 Å². The van der Waals surface area contributed by atoms with Crippen molar-refractivity contribution in [3.05, 3.63) is 24.3 Å². The van der Waals surface area contributed by atoms with Crippen LogP contribution in [0.15, 0.2) is 24.3 Å². The molecule has 12 heavy (non-hydrogen) atoms. The van der Waals surface area contributed by atoms with Gasteiger partial charge in [-0.3, -0.25) is 0 Å². The van der Waals surface area contributed by atoms with E-state index in [2.05, 4.69) is 0 Å². The normalized spacial score (nSPS) is 9.50. The quantitative estimate of drug-likeness (QED) is 0.653. The number of carboxylic acids is 1. The fraction of sp³-hybridized carbons (Fsp3) is 0.125. The third-order valence-electron chi connectivity index (χ3n) is 1.38. The Labute approximate surface area is 87.8 Å².